The summed E-state index contributed by atoms with van der Waals surface area (Å²) in [6.45, 7) is -1.04. The van der Waals surface area contributed by atoms with Crippen molar-refractivity contribution < 1.29 is 42.0 Å². The van der Waals surface area contributed by atoms with E-state index >= 15 is 0 Å². The molecule has 34 heavy (non-hydrogen) atoms. The fourth-order valence-corrected chi connectivity index (χ4v) is 3.61. The lowest BCUT2D eigenvalue weighted by molar-refractivity contribution is -0.142. The Hall–Kier alpha value is -4.09. The van der Waals surface area contributed by atoms with Crippen molar-refractivity contribution in [1.82, 2.24) is 9.78 Å². The van der Waals surface area contributed by atoms with E-state index in [0.29, 0.717) is 17.1 Å². The van der Waals surface area contributed by atoms with E-state index in [1.165, 1.54) is 31.4 Å². The molecule has 3 aromatic rings. The normalized spacial score (nSPS) is 12.6. The number of halogens is 3. The van der Waals surface area contributed by atoms with Crippen LogP contribution in [-0.2, 0) is 23.9 Å². The Morgan fingerprint density at radius 1 is 1.15 bits per heavy atom. The predicted molar refractivity (Wildman–Crippen MR) is 111 cm³/mol. The van der Waals surface area contributed by atoms with Crippen LogP contribution in [0.15, 0.2) is 41.2 Å². The second-order valence-corrected chi connectivity index (χ2v) is 7.34. The average Bonchev–Trinajstić information content (AvgIpc) is 3.37. The van der Waals surface area contributed by atoms with Crippen molar-refractivity contribution in [1.29, 1.82) is 0 Å². The van der Waals surface area contributed by atoms with Gasteiger partial charge in [0.1, 0.15) is 17.2 Å². The Labute approximate surface area is 190 Å². The maximum Gasteiger partial charge on any atom is 0.433 e. The summed E-state index contributed by atoms with van der Waals surface area (Å²) in [7, 11) is 1.34. The van der Waals surface area contributed by atoms with Gasteiger partial charge in [-0.25, -0.2) is 9.48 Å². The molecule has 0 radical (unpaired) electrons. The maximum atomic E-state index is 13.8. The van der Waals surface area contributed by atoms with Gasteiger partial charge < -0.3 is 24.1 Å². The van der Waals surface area contributed by atoms with Crippen molar-refractivity contribution in [3.8, 4) is 23.0 Å². The number of benzene rings is 2. The third-order valence-electron chi connectivity index (χ3n) is 5.13. The van der Waals surface area contributed by atoms with E-state index in [4.69, 9.17) is 24.1 Å². The molecule has 2 N–H and O–H groups in total. The summed E-state index contributed by atoms with van der Waals surface area (Å²) < 4.78 is 63.1. The van der Waals surface area contributed by atoms with Crippen LogP contribution in [0.2, 0.25) is 0 Å². The van der Waals surface area contributed by atoms with Gasteiger partial charge in [0.2, 0.25) is 6.79 Å². The number of fused-ring (bicyclic) bond motifs is 1. The van der Waals surface area contributed by atoms with Crippen molar-refractivity contribution in [2.24, 2.45) is 0 Å². The van der Waals surface area contributed by atoms with Crippen LogP contribution in [0.4, 0.5) is 13.2 Å². The van der Waals surface area contributed by atoms with Gasteiger partial charge in [0, 0.05) is 6.42 Å². The summed E-state index contributed by atoms with van der Waals surface area (Å²) in [6, 6.07) is 9.14. The molecule has 1 aliphatic heterocycles. The predicted octanol–water partition coefficient (Wildman–Crippen LogP) is 3.04. The second-order valence-electron chi connectivity index (χ2n) is 7.34. The lowest BCUT2D eigenvalue weighted by Gasteiger charge is -2.14. The molecule has 0 aliphatic carbocycles. The van der Waals surface area contributed by atoms with Crippen LogP contribution >= 0.6 is 0 Å². The molecule has 2 heterocycles. The molecular weight excluding hydrogens is 461 g/mol. The van der Waals surface area contributed by atoms with Crippen LogP contribution in [0.25, 0.3) is 0 Å². The highest BCUT2D eigenvalue weighted by molar-refractivity contribution is 5.68. The van der Waals surface area contributed by atoms with Crippen LogP contribution < -0.4 is 24.5 Å². The molecule has 0 spiro atoms. The fourth-order valence-electron chi connectivity index (χ4n) is 3.61. The van der Waals surface area contributed by atoms with E-state index in [-0.39, 0.29) is 36.8 Å². The molecule has 1 aliphatic rings. The molecular formula is C22H19F3N2O7. The topological polar surface area (TPSA) is 112 Å². The van der Waals surface area contributed by atoms with E-state index < -0.39 is 35.6 Å². The third-order valence-corrected chi connectivity index (χ3v) is 5.13. The number of hydrogen-bond donors (Lipinski definition) is 2. The molecule has 0 bridgehead atoms. The minimum Gasteiger partial charge on any atom is -0.496 e. The number of rotatable bonds is 8. The Morgan fingerprint density at radius 3 is 2.59 bits per heavy atom. The number of aromatic amines is 1. The largest absolute Gasteiger partial charge is 0.496 e. The number of nitrogens with one attached hydrogen (secondary N) is 1. The average molecular weight is 480 g/mol. The molecule has 12 heteroatoms. The highest BCUT2D eigenvalue weighted by Gasteiger charge is 2.38. The van der Waals surface area contributed by atoms with Crippen molar-refractivity contribution in [3.05, 3.63) is 69.1 Å². The van der Waals surface area contributed by atoms with Gasteiger partial charge in [-0.3, -0.25) is 9.89 Å². The molecule has 4 rings (SSSR count). The molecule has 0 unspecified atom stereocenters. The number of ether oxygens (including phenoxy) is 4. The molecule has 0 saturated heterocycles. The first-order valence-electron chi connectivity index (χ1n) is 9.95. The van der Waals surface area contributed by atoms with Crippen molar-refractivity contribution in [2.75, 3.05) is 20.5 Å². The number of aliphatic carboxylic acids is 1. The quantitative estimate of drug-likeness (QED) is 0.510. The van der Waals surface area contributed by atoms with E-state index in [2.05, 4.69) is 5.10 Å². The first-order chi connectivity index (χ1) is 16.2. The van der Waals surface area contributed by atoms with Crippen LogP contribution in [-0.4, -0.2) is 41.4 Å². The molecule has 0 saturated carbocycles. The summed E-state index contributed by atoms with van der Waals surface area (Å²) in [6.07, 6.45) is -5.12. The summed E-state index contributed by atoms with van der Waals surface area (Å²) >= 11 is 0. The highest BCUT2D eigenvalue weighted by atomic mass is 19.4. The first-order valence-corrected chi connectivity index (χ1v) is 9.95. The van der Waals surface area contributed by atoms with Gasteiger partial charge in [0.05, 0.1) is 24.8 Å². The number of carbonyl (C=O) groups is 1. The Bertz CT molecular complexity index is 1280. The highest BCUT2D eigenvalue weighted by Crippen LogP contribution is 2.35. The Kier molecular flexibility index (Phi) is 6.14. The lowest BCUT2D eigenvalue weighted by Crippen LogP contribution is -2.21. The number of H-pyrrole nitrogens is 1. The van der Waals surface area contributed by atoms with Gasteiger partial charge >= 0.3 is 12.1 Å². The smallest absolute Gasteiger partial charge is 0.433 e. The van der Waals surface area contributed by atoms with Crippen molar-refractivity contribution in [2.45, 2.75) is 19.1 Å². The minimum atomic E-state index is -4.82. The van der Waals surface area contributed by atoms with Gasteiger partial charge in [-0.2, -0.15) is 13.2 Å². The summed E-state index contributed by atoms with van der Waals surface area (Å²) in [5.74, 6) is -0.104. The maximum absolute atomic E-state index is 13.8. The first kappa shape index (κ1) is 23.1. The van der Waals surface area contributed by atoms with Gasteiger partial charge in [0.15, 0.2) is 18.1 Å². The molecule has 0 atom stereocenters. The SMILES string of the molecule is COc1cccc(OCC(=O)O)c1Cn1[nH]c(C(F)(F)F)c(Cc2ccc3c(c2)OCO3)c1=O. The Morgan fingerprint density at radius 2 is 1.88 bits per heavy atom. The summed E-state index contributed by atoms with van der Waals surface area (Å²) in [5.41, 5.74) is -1.91. The van der Waals surface area contributed by atoms with Crippen LogP contribution in [0.1, 0.15) is 22.4 Å². The number of nitrogens with zero attached hydrogens (tertiary/aromatic N) is 1. The van der Waals surface area contributed by atoms with Gasteiger partial charge in [0.25, 0.3) is 5.56 Å². The van der Waals surface area contributed by atoms with Crippen LogP contribution in [0, 0.1) is 0 Å². The summed E-state index contributed by atoms with van der Waals surface area (Å²) in [5, 5.41) is 11.0. The zero-order chi connectivity index (χ0) is 24.5. The van der Waals surface area contributed by atoms with Gasteiger partial charge in [-0.1, -0.05) is 12.1 Å². The van der Waals surface area contributed by atoms with E-state index in [0.717, 1.165) is 4.68 Å². The van der Waals surface area contributed by atoms with E-state index in [9.17, 15) is 22.8 Å². The van der Waals surface area contributed by atoms with E-state index in [1.54, 1.807) is 12.1 Å². The van der Waals surface area contributed by atoms with Crippen molar-refractivity contribution >= 4 is 5.97 Å². The van der Waals surface area contributed by atoms with Crippen LogP contribution in [0.5, 0.6) is 23.0 Å². The lowest BCUT2D eigenvalue weighted by atomic mass is 10.0. The molecule has 0 fully saturated rings. The number of aromatic nitrogens is 2. The molecule has 180 valence electrons. The van der Waals surface area contributed by atoms with E-state index in [1.807, 2.05) is 0 Å². The van der Waals surface area contributed by atoms with Gasteiger partial charge in [-0.15, -0.1) is 0 Å². The number of carboxylic acid groups (broad SMARTS) is 1. The summed E-state index contributed by atoms with van der Waals surface area (Å²) in [4.78, 5) is 23.9. The number of methoxy groups -OCH3 is 1. The molecule has 1 aromatic heterocycles. The van der Waals surface area contributed by atoms with Gasteiger partial charge in [-0.05, 0) is 29.8 Å². The second kappa shape index (κ2) is 9.04. The Balaban J connectivity index is 1.73. The van der Waals surface area contributed by atoms with Crippen molar-refractivity contribution in [3.63, 3.8) is 0 Å². The third kappa shape index (κ3) is 4.65. The number of alkyl halides is 3. The van der Waals surface area contributed by atoms with Crippen LogP contribution in [0.3, 0.4) is 0 Å². The molecule has 9 nitrogen and oxygen atoms in total. The fraction of sp³-hybridized carbons (Fsp3) is 0.273. The monoisotopic (exact) mass is 480 g/mol. The minimum absolute atomic E-state index is 0.00867. The number of hydrogen-bond acceptors (Lipinski definition) is 6. The molecule has 2 aromatic carbocycles. The zero-order valence-corrected chi connectivity index (χ0v) is 17.8. The molecule has 0 amide bonds. The zero-order valence-electron chi connectivity index (χ0n) is 17.8. The standard InChI is InChI=1S/C22H19F3N2O7/c1-31-15-3-2-4-16(32-10-19(28)29)14(15)9-27-21(30)13(20(26-27)22(23,24)25)7-12-5-6-17-18(8-12)34-11-33-17/h2-6,8,26H,7,9-11H2,1H3,(H,28,29). The number of carboxylic acids is 1.